The number of likely N-dealkylation sites (tertiary alicyclic amines) is 1. The molecule has 1 aliphatic rings. The van der Waals surface area contributed by atoms with Gasteiger partial charge in [0.15, 0.2) is 0 Å². The van der Waals surface area contributed by atoms with Gasteiger partial charge >= 0.3 is 12.3 Å². The Balaban J connectivity index is 0.000000205. The van der Waals surface area contributed by atoms with Crippen LogP contribution in [0.4, 0.5) is 13.2 Å². The standard InChI is InChI=1S/C14H9F3O3.C13H20N2O/c15-14(16,17)20-12-7-5-10(6-8-12)9-1-3-11(4-2-9)13(18)19;1-15-7-5-12(6-8-15)16-13-4-2-3-11(9-13)10-14/h1-8H,(H,18,19);2-4,9,12H,5-8,10,14H2,1H3. The first-order chi connectivity index (χ1) is 17.1. The maximum Gasteiger partial charge on any atom is 0.573 e. The largest absolute Gasteiger partial charge is 0.573 e. The SMILES string of the molecule is CN1CCC(Oc2cccc(CN)c2)CC1.O=C(O)c1ccc(-c2ccc(OC(F)(F)F)cc2)cc1. The molecule has 0 atom stereocenters. The number of carbonyl (C=O) groups is 1. The fourth-order valence-electron chi connectivity index (χ4n) is 3.70. The van der Waals surface area contributed by atoms with Crippen molar-refractivity contribution in [2.24, 2.45) is 5.73 Å². The molecule has 0 aromatic heterocycles. The molecule has 0 amide bonds. The van der Waals surface area contributed by atoms with Crippen molar-refractivity contribution in [3.63, 3.8) is 0 Å². The molecule has 6 nitrogen and oxygen atoms in total. The number of carboxylic acids is 1. The van der Waals surface area contributed by atoms with Gasteiger partial charge in [0.1, 0.15) is 17.6 Å². The lowest BCUT2D eigenvalue weighted by molar-refractivity contribution is -0.274. The monoisotopic (exact) mass is 502 g/mol. The zero-order valence-corrected chi connectivity index (χ0v) is 19.9. The van der Waals surface area contributed by atoms with Crippen molar-refractivity contribution in [3.8, 4) is 22.6 Å². The lowest BCUT2D eigenvalue weighted by Crippen LogP contribution is -2.35. The summed E-state index contributed by atoms with van der Waals surface area (Å²) >= 11 is 0. The van der Waals surface area contributed by atoms with Crippen molar-refractivity contribution in [1.82, 2.24) is 4.90 Å². The van der Waals surface area contributed by atoms with Gasteiger partial charge in [0.05, 0.1) is 5.56 Å². The molecule has 0 unspecified atom stereocenters. The lowest BCUT2D eigenvalue weighted by atomic mass is 10.0. The Morgan fingerprint density at radius 3 is 2.08 bits per heavy atom. The molecule has 0 saturated carbocycles. The highest BCUT2D eigenvalue weighted by Crippen LogP contribution is 2.26. The summed E-state index contributed by atoms with van der Waals surface area (Å²) in [6.45, 7) is 2.83. The zero-order valence-electron chi connectivity index (χ0n) is 19.9. The number of hydrogen-bond acceptors (Lipinski definition) is 5. The summed E-state index contributed by atoms with van der Waals surface area (Å²) in [7, 11) is 2.16. The molecule has 3 N–H and O–H groups in total. The van der Waals surface area contributed by atoms with Crippen LogP contribution in [-0.4, -0.2) is 48.6 Å². The molecule has 0 radical (unpaired) electrons. The maximum absolute atomic E-state index is 12.0. The van der Waals surface area contributed by atoms with E-state index in [-0.39, 0.29) is 11.3 Å². The minimum Gasteiger partial charge on any atom is -0.490 e. The van der Waals surface area contributed by atoms with E-state index >= 15 is 0 Å². The van der Waals surface area contributed by atoms with Gasteiger partial charge in [-0.15, -0.1) is 13.2 Å². The fraction of sp³-hybridized carbons (Fsp3) is 0.296. The third-order valence-electron chi connectivity index (χ3n) is 5.66. The molecule has 0 aliphatic carbocycles. The first-order valence-electron chi connectivity index (χ1n) is 11.5. The van der Waals surface area contributed by atoms with Gasteiger partial charge in [0.25, 0.3) is 0 Å². The Bertz CT molecular complexity index is 1110. The quantitative estimate of drug-likeness (QED) is 0.459. The molecule has 1 heterocycles. The van der Waals surface area contributed by atoms with E-state index in [4.69, 9.17) is 15.6 Å². The number of halogens is 3. The number of hydrogen-bond donors (Lipinski definition) is 2. The average molecular weight is 503 g/mol. The topological polar surface area (TPSA) is 85.0 Å². The van der Waals surface area contributed by atoms with Crippen LogP contribution in [-0.2, 0) is 6.54 Å². The van der Waals surface area contributed by atoms with Crippen LogP contribution >= 0.6 is 0 Å². The second-order valence-corrected chi connectivity index (χ2v) is 8.43. The van der Waals surface area contributed by atoms with Crippen LogP contribution in [0.5, 0.6) is 11.5 Å². The molecular weight excluding hydrogens is 473 g/mol. The summed E-state index contributed by atoms with van der Waals surface area (Å²) in [6, 6.07) is 19.5. The summed E-state index contributed by atoms with van der Waals surface area (Å²) in [5, 5.41) is 8.77. The van der Waals surface area contributed by atoms with Crippen LogP contribution in [0.3, 0.4) is 0 Å². The van der Waals surface area contributed by atoms with Crippen molar-refractivity contribution in [2.75, 3.05) is 20.1 Å². The van der Waals surface area contributed by atoms with E-state index in [1.807, 2.05) is 24.3 Å². The molecule has 3 aromatic carbocycles. The highest BCUT2D eigenvalue weighted by molar-refractivity contribution is 5.88. The van der Waals surface area contributed by atoms with Crippen molar-refractivity contribution in [3.05, 3.63) is 83.9 Å². The van der Waals surface area contributed by atoms with Gasteiger partial charge in [-0.2, -0.15) is 0 Å². The predicted molar refractivity (Wildman–Crippen MR) is 131 cm³/mol. The molecule has 1 fully saturated rings. The number of alkyl halides is 3. The van der Waals surface area contributed by atoms with Crippen LogP contribution in [0.15, 0.2) is 72.8 Å². The Labute approximate surface area is 208 Å². The smallest absolute Gasteiger partial charge is 0.490 e. The second kappa shape index (κ2) is 12.4. The van der Waals surface area contributed by atoms with E-state index in [9.17, 15) is 18.0 Å². The van der Waals surface area contributed by atoms with Crippen molar-refractivity contribution < 1.29 is 32.5 Å². The summed E-state index contributed by atoms with van der Waals surface area (Å²) in [5.41, 5.74) is 8.25. The molecule has 9 heteroatoms. The molecule has 36 heavy (non-hydrogen) atoms. The van der Waals surface area contributed by atoms with Gasteiger partial charge in [-0.25, -0.2) is 4.79 Å². The lowest BCUT2D eigenvalue weighted by Gasteiger charge is -2.29. The third-order valence-corrected chi connectivity index (χ3v) is 5.66. The van der Waals surface area contributed by atoms with Gasteiger partial charge in [-0.05, 0) is 73.0 Å². The highest BCUT2D eigenvalue weighted by atomic mass is 19.4. The predicted octanol–water partition coefficient (Wildman–Crippen LogP) is 5.57. The normalized spacial score (nSPS) is 14.5. The van der Waals surface area contributed by atoms with Crippen LogP contribution in [0.2, 0.25) is 0 Å². The fourth-order valence-corrected chi connectivity index (χ4v) is 3.70. The molecule has 0 spiro atoms. The Kier molecular flexibility index (Phi) is 9.32. The van der Waals surface area contributed by atoms with E-state index in [0.29, 0.717) is 23.8 Å². The zero-order chi connectivity index (χ0) is 26.1. The molecule has 0 bridgehead atoms. The minimum absolute atomic E-state index is 0.144. The van der Waals surface area contributed by atoms with Crippen molar-refractivity contribution >= 4 is 5.97 Å². The van der Waals surface area contributed by atoms with Gasteiger partial charge in [0.2, 0.25) is 0 Å². The molecular formula is C27H29F3N2O4. The summed E-state index contributed by atoms with van der Waals surface area (Å²) in [4.78, 5) is 13.0. The number of rotatable bonds is 6. The number of carboxylic acid groups (broad SMARTS) is 1. The average Bonchev–Trinajstić information content (AvgIpc) is 2.85. The Hall–Kier alpha value is -3.56. The van der Waals surface area contributed by atoms with Gasteiger partial charge in [0, 0.05) is 19.6 Å². The number of benzene rings is 3. The minimum atomic E-state index is -4.72. The van der Waals surface area contributed by atoms with Crippen molar-refractivity contribution in [1.29, 1.82) is 0 Å². The molecule has 1 aliphatic heterocycles. The summed E-state index contributed by atoms with van der Waals surface area (Å²) in [6.07, 6.45) is -2.12. The summed E-state index contributed by atoms with van der Waals surface area (Å²) in [5.74, 6) is -0.383. The van der Waals surface area contributed by atoms with E-state index in [1.54, 1.807) is 12.1 Å². The maximum atomic E-state index is 12.0. The van der Waals surface area contributed by atoms with Gasteiger partial charge < -0.3 is 25.2 Å². The number of aromatic carboxylic acids is 1. The Morgan fingerprint density at radius 1 is 0.972 bits per heavy atom. The third kappa shape index (κ3) is 8.58. The van der Waals surface area contributed by atoms with Gasteiger partial charge in [-0.3, -0.25) is 0 Å². The van der Waals surface area contributed by atoms with E-state index in [2.05, 4.69) is 16.7 Å². The molecule has 4 rings (SSSR count). The van der Waals surface area contributed by atoms with Crippen LogP contribution in [0.1, 0.15) is 28.8 Å². The van der Waals surface area contributed by atoms with E-state index in [0.717, 1.165) is 37.2 Å². The second-order valence-electron chi connectivity index (χ2n) is 8.43. The molecule has 1 saturated heterocycles. The summed E-state index contributed by atoms with van der Waals surface area (Å²) < 4.78 is 45.8. The van der Waals surface area contributed by atoms with Crippen LogP contribution in [0.25, 0.3) is 11.1 Å². The van der Waals surface area contributed by atoms with Crippen LogP contribution in [0, 0.1) is 0 Å². The molecule has 192 valence electrons. The van der Waals surface area contributed by atoms with E-state index in [1.165, 1.54) is 36.4 Å². The first-order valence-corrected chi connectivity index (χ1v) is 11.5. The van der Waals surface area contributed by atoms with E-state index < -0.39 is 12.3 Å². The number of ether oxygens (including phenoxy) is 2. The van der Waals surface area contributed by atoms with Gasteiger partial charge in [-0.1, -0.05) is 36.4 Å². The highest BCUT2D eigenvalue weighted by Gasteiger charge is 2.31. The Morgan fingerprint density at radius 2 is 1.56 bits per heavy atom. The van der Waals surface area contributed by atoms with Crippen LogP contribution < -0.4 is 15.2 Å². The number of piperidine rings is 1. The number of nitrogens with two attached hydrogens (primary N) is 1. The van der Waals surface area contributed by atoms with Crippen molar-refractivity contribution in [2.45, 2.75) is 31.9 Å². The first kappa shape index (κ1) is 27.0. The molecule has 3 aromatic rings. The number of nitrogens with zero attached hydrogens (tertiary/aromatic N) is 1.